The van der Waals surface area contributed by atoms with Crippen molar-refractivity contribution in [3.05, 3.63) is 30.1 Å². The summed E-state index contributed by atoms with van der Waals surface area (Å²) in [7, 11) is 0. The van der Waals surface area contributed by atoms with E-state index in [0.29, 0.717) is 32.0 Å². The summed E-state index contributed by atoms with van der Waals surface area (Å²) in [5, 5.41) is 12.7. The lowest BCUT2D eigenvalue weighted by Crippen LogP contribution is -2.51. The van der Waals surface area contributed by atoms with Crippen LogP contribution in [0.5, 0.6) is 0 Å². The Morgan fingerprint density at radius 2 is 1.91 bits per heavy atom. The van der Waals surface area contributed by atoms with E-state index in [0.717, 1.165) is 5.56 Å². The molecule has 7 heteroatoms. The minimum absolute atomic E-state index is 0.309. The van der Waals surface area contributed by atoms with Crippen LogP contribution in [0.2, 0.25) is 0 Å². The average molecular weight is 306 g/mol. The van der Waals surface area contributed by atoms with Gasteiger partial charge in [-0.25, -0.2) is 4.79 Å². The Bertz CT molecular complexity index is 531. The lowest BCUT2D eigenvalue weighted by Gasteiger charge is -2.36. The zero-order chi connectivity index (χ0) is 16.2. The van der Waals surface area contributed by atoms with Gasteiger partial charge in [0.1, 0.15) is 5.60 Å². The second kappa shape index (κ2) is 6.64. The maximum Gasteiger partial charge on any atom is 0.410 e. The summed E-state index contributed by atoms with van der Waals surface area (Å²) in [6.45, 7) is 7.74. The summed E-state index contributed by atoms with van der Waals surface area (Å²) in [5.74, 6) is 0.469. The van der Waals surface area contributed by atoms with Crippen molar-refractivity contribution in [2.45, 2.75) is 26.4 Å². The van der Waals surface area contributed by atoms with Crippen molar-refractivity contribution in [2.24, 2.45) is 5.16 Å². The Kier molecular flexibility index (Phi) is 4.85. The summed E-state index contributed by atoms with van der Waals surface area (Å²) < 4.78 is 5.36. The number of aromatic nitrogens is 1. The molecule has 1 saturated heterocycles. The highest BCUT2D eigenvalue weighted by atomic mass is 16.6. The van der Waals surface area contributed by atoms with Gasteiger partial charge in [0.2, 0.25) is 0 Å². The summed E-state index contributed by atoms with van der Waals surface area (Å²) >= 11 is 0. The van der Waals surface area contributed by atoms with Crippen LogP contribution < -0.4 is 0 Å². The molecule has 0 aromatic carbocycles. The second-order valence-electron chi connectivity index (χ2n) is 6.12. The highest BCUT2D eigenvalue weighted by Gasteiger charge is 2.27. The number of hydrogen-bond acceptors (Lipinski definition) is 5. The van der Waals surface area contributed by atoms with Gasteiger partial charge in [0, 0.05) is 44.1 Å². The van der Waals surface area contributed by atoms with Crippen LogP contribution in [0.3, 0.4) is 0 Å². The third-order valence-corrected chi connectivity index (χ3v) is 3.25. The molecule has 1 aromatic heterocycles. The smallest absolute Gasteiger partial charge is 0.410 e. The van der Waals surface area contributed by atoms with Crippen LogP contribution in [-0.4, -0.2) is 63.7 Å². The third kappa shape index (κ3) is 4.09. The van der Waals surface area contributed by atoms with E-state index in [1.165, 1.54) is 0 Å². The number of pyridine rings is 1. The fourth-order valence-corrected chi connectivity index (χ4v) is 2.23. The van der Waals surface area contributed by atoms with Crippen molar-refractivity contribution in [1.29, 1.82) is 0 Å². The molecule has 1 N–H and O–H groups in total. The van der Waals surface area contributed by atoms with E-state index in [2.05, 4.69) is 10.1 Å². The van der Waals surface area contributed by atoms with Crippen molar-refractivity contribution in [3.8, 4) is 0 Å². The lowest BCUT2D eigenvalue weighted by molar-refractivity contribution is 0.0186. The van der Waals surface area contributed by atoms with Crippen molar-refractivity contribution >= 4 is 11.9 Å². The van der Waals surface area contributed by atoms with E-state index in [9.17, 15) is 10.0 Å². The number of nitrogens with zero attached hydrogens (tertiary/aromatic N) is 4. The lowest BCUT2D eigenvalue weighted by atomic mass is 10.2. The van der Waals surface area contributed by atoms with Crippen molar-refractivity contribution in [2.75, 3.05) is 26.2 Å². The summed E-state index contributed by atoms with van der Waals surface area (Å²) in [6, 6.07) is 3.62. The first-order valence-electron chi connectivity index (χ1n) is 7.26. The number of oxime groups is 1. The molecule has 22 heavy (non-hydrogen) atoms. The number of ether oxygens (including phenoxy) is 1. The molecule has 1 aromatic rings. The van der Waals surface area contributed by atoms with E-state index in [4.69, 9.17) is 4.74 Å². The molecule has 1 aliphatic rings. The molecule has 1 aliphatic heterocycles. The predicted molar refractivity (Wildman–Crippen MR) is 81.9 cm³/mol. The standard InChI is InChI=1S/C15H22N4O3/c1-15(2,3)22-14(20)19-9-7-18(8-10-19)13(17-21)12-5-4-6-16-11-12/h4-6,11,21H,7-10H2,1-3H3. The van der Waals surface area contributed by atoms with Crippen molar-refractivity contribution in [1.82, 2.24) is 14.8 Å². The molecule has 2 rings (SSSR count). The summed E-state index contributed by atoms with van der Waals surface area (Å²) in [4.78, 5) is 19.6. The van der Waals surface area contributed by atoms with Gasteiger partial charge in [-0.2, -0.15) is 0 Å². The Labute approximate surface area is 130 Å². The molecule has 7 nitrogen and oxygen atoms in total. The molecule has 0 saturated carbocycles. The maximum absolute atomic E-state index is 12.0. The Balaban J connectivity index is 1.96. The van der Waals surface area contributed by atoms with Gasteiger partial charge in [-0.05, 0) is 32.9 Å². The fourth-order valence-electron chi connectivity index (χ4n) is 2.23. The van der Waals surface area contributed by atoms with Crippen LogP contribution >= 0.6 is 0 Å². The molecule has 1 amide bonds. The van der Waals surface area contributed by atoms with E-state index < -0.39 is 5.60 Å². The molecule has 120 valence electrons. The first kappa shape index (κ1) is 16.1. The van der Waals surface area contributed by atoms with Crippen molar-refractivity contribution in [3.63, 3.8) is 0 Å². The highest BCUT2D eigenvalue weighted by molar-refractivity contribution is 5.98. The molecule has 0 unspecified atom stereocenters. The molecular weight excluding hydrogens is 284 g/mol. The minimum Gasteiger partial charge on any atom is -0.444 e. The minimum atomic E-state index is -0.498. The van der Waals surface area contributed by atoms with Gasteiger partial charge in [0.05, 0.1) is 0 Å². The van der Waals surface area contributed by atoms with Crippen molar-refractivity contribution < 1.29 is 14.7 Å². The summed E-state index contributed by atoms with van der Waals surface area (Å²) in [5.41, 5.74) is 0.248. The van der Waals surface area contributed by atoms with E-state index in [-0.39, 0.29) is 6.09 Å². The predicted octanol–water partition coefficient (Wildman–Crippen LogP) is 1.77. The Morgan fingerprint density at radius 3 is 2.41 bits per heavy atom. The first-order chi connectivity index (χ1) is 10.4. The molecule has 0 radical (unpaired) electrons. The van der Waals surface area contributed by atoms with Gasteiger partial charge in [-0.1, -0.05) is 5.16 Å². The van der Waals surface area contributed by atoms with E-state index in [1.807, 2.05) is 31.7 Å². The Morgan fingerprint density at radius 1 is 1.27 bits per heavy atom. The maximum atomic E-state index is 12.0. The van der Waals surface area contributed by atoms with Crippen LogP contribution in [-0.2, 0) is 4.74 Å². The van der Waals surface area contributed by atoms with Gasteiger partial charge >= 0.3 is 6.09 Å². The highest BCUT2D eigenvalue weighted by Crippen LogP contribution is 2.13. The number of rotatable bonds is 1. The van der Waals surface area contributed by atoms with Gasteiger partial charge in [-0.3, -0.25) is 4.98 Å². The Hall–Kier alpha value is -2.31. The molecule has 2 heterocycles. The first-order valence-corrected chi connectivity index (χ1v) is 7.26. The van der Waals surface area contributed by atoms with Crippen LogP contribution in [0.1, 0.15) is 26.3 Å². The van der Waals surface area contributed by atoms with Gasteiger partial charge in [0.15, 0.2) is 5.84 Å². The quantitative estimate of drug-likeness (QED) is 0.370. The molecule has 1 fully saturated rings. The SMILES string of the molecule is CC(C)(C)OC(=O)N1CCN(C(=NO)c2cccnc2)CC1. The molecule has 0 spiro atoms. The molecule has 0 atom stereocenters. The monoisotopic (exact) mass is 306 g/mol. The number of piperazine rings is 1. The van der Waals surface area contributed by atoms with Crippen LogP contribution in [0, 0.1) is 0 Å². The topological polar surface area (TPSA) is 78.3 Å². The fraction of sp³-hybridized carbons (Fsp3) is 0.533. The van der Waals surface area contributed by atoms with Crippen LogP contribution in [0.15, 0.2) is 29.7 Å². The van der Waals surface area contributed by atoms with E-state index in [1.54, 1.807) is 23.4 Å². The number of carbonyl (C=O) groups is 1. The second-order valence-corrected chi connectivity index (χ2v) is 6.12. The molecule has 0 aliphatic carbocycles. The third-order valence-electron chi connectivity index (χ3n) is 3.25. The van der Waals surface area contributed by atoms with Gasteiger partial charge in [0.25, 0.3) is 0 Å². The van der Waals surface area contributed by atoms with Crippen LogP contribution in [0.4, 0.5) is 4.79 Å². The number of carbonyl (C=O) groups excluding carboxylic acids is 1. The normalized spacial score (nSPS) is 16.6. The number of amides is 1. The largest absolute Gasteiger partial charge is 0.444 e. The van der Waals surface area contributed by atoms with Gasteiger partial charge in [-0.15, -0.1) is 0 Å². The van der Waals surface area contributed by atoms with E-state index >= 15 is 0 Å². The molecule has 0 bridgehead atoms. The average Bonchev–Trinajstić information content (AvgIpc) is 2.48. The number of hydrogen-bond donors (Lipinski definition) is 1. The zero-order valence-electron chi connectivity index (χ0n) is 13.2. The number of amidine groups is 1. The summed E-state index contributed by atoms with van der Waals surface area (Å²) in [6.07, 6.45) is 3.00. The van der Waals surface area contributed by atoms with Crippen LogP contribution in [0.25, 0.3) is 0 Å². The van der Waals surface area contributed by atoms with Gasteiger partial charge < -0.3 is 19.7 Å². The molecular formula is C15H22N4O3. The zero-order valence-corrected chi connectivity index (χ0v) is 13.2.